The smallest absolute Gasteiger partial charge is 0.229 e. The molecule has 2 rings (SSSR count). The van der Waals surface area contributed by atoms with Crippen molar-refractivity contribution in [3.8, 4) is 0 Å². The molecule has 6 nitrogen and oxygen atoms in total. The minimum atomic E-state index is -3.36. The van der Waals surface area contributed by atoms with Crippen molar-refractivity contribution in [2.75, 3.05) is 43.7 Å². The molecule has 0 bridgehead atoms. The van der Waals surface area contributed by atoms with Crippen molar-refractivity contribution in [1.82, 2.24) is 9.80 Å². The highest BCUT2D eigenvalue weighted by Crippen LogP contribution is 2.18. The summed E-state index contributed by atoms with van der Waals surface area (Å²) < 4.78 is 25.3. The molecule has 0 saturated carbocycles. The van der Waals surface area contributed by atoms with Crippen LogP contribution in [0.3, 0.4) is 0 Å². The molecule has 128 valence electrons. The van der Waals surface area contributed by atoms with Crippen molar-refractivity contribution in [2.24, 2.45) is 0 Å². The molecule has 1 fully saturated rings. The van der Waals surface area contributed by atoms with E-state index < -0.39 is 10.0 Å². The van der Waals surface area contributed by atoms with Gasteiger partial charge in [-0.05, 0) is 24.6 Å². The number of nitrogens with zero attached hydrogens (tertiary/aromatic N) is 2. The summed E-state index contributed by atoms with van der Waals surface area (Å²) in [4.78, 5) is 16.7. The number of hydrogen-bond donors (Lipinski definition) is 1. The molecule has 0 aromatic heterocycles. The predicted molar refractivity (Wildman–Crippen MR) is 91.9 cm³/mol. The van der Waals surface area contributed by atoms with Gasteiger partial charge < -0.3 is 4.90 Å². The van der Waals surface area contributed by atoms with Crippen molar-refractivity contribution in [3.05, 3.63) is 29.8 Å². The highest BCUT2D eigenvalue weighted by atomic mass is 32.2. The molecule has 23 heavy (non-hydrogen) atoms. The Balaban J connectivity index is 1.98. The number of amides is 1. The molecule has 0 radical (unpaired) electrons. The molecular weight excluding hydrogens is 314 g/mol. The van der Waals surface area contributed by atoms with E-state index in [1.54, 1.807) is 18.2 Å². The first-order chi connectivity index (χ1) is 10.9. The number of hydrogen-bond acceptors (Lipinski definition) is 4. The third kappa shape index (κ3) is 5.51. The number of rotatable bonds is 6. The fourth-order valence-corrected chi connectivity index (χ4v) is 3.38. The second-order valence-corrected chi connectivity index (χ2v) is 7.68. The fraction of sp³-hybridized carbons (Fsp3) is 0.562. The minimum absolute atomic E-state index is 0.0453. The highest BCUT2D eigenvalue weighted by molar-refractivity contribution is 7.92. The fourth-order valence-electron chi connectivity index (χ4n) is 2.79. The van der Waals surface area contributed by atoms with Gasteiger partial charge in [-0.15, -0.1) is 0 Å². The monoisotopic (exact) mass is 339 g/mol. The zero-order valence-electron chi connectivity index (χ0n) is 13.8. The Hall–Kier alpha value is -1.60. The van der Waals surface area contributed by atoms with Crippen molar-refractivity contribution in [3.63, 3.8) is 0 Å². The second kappa shape index (κ2) is 7.79. The summed E-state index contributed by atoms with van der Waals surface area (Å²) in [6, 6.07) is 7.04. The molecule has 1 N–H and O–H groups in total. The SMILES string of the molecule is CCCN1CCN(C(=O)Cc2ccccc2NS(C)(=O)=O)CC1. The quantitative estimate of drug-likeness (QED) is 0.844. The topological polar surface area (TPSA) is 69.7 Å². The Morgan fingerprint density at radius 3 is 2.43 bits per heavy atom. The van der Waals surface area contributed by atoms with Gasteiger partial charge in [-0.1, -0.05) is 25.1 Å². The van der Waals surface area contributed by atoms with E-state index >= 15 is 0 Å². The summed E-state index contributed by atoms with van der Waals surface area (Å²) in [6.07, 6.45) is 2.45. The maximum Gasteiger partial charge on any atom is 0.229 e. The Morgan fingerprint density at radius 1 is 1.17 bits per heavy atom. The summed E-state index contributed by atoms with van der Waals surface area (Å²) in [7, 11) is -3.36. The predicted octanol–water partition coefficient (Wildman–Crippen LogP) is 1.15. The van der Waals surface area contributed by atoms with Gasteiger partial charge in [-0.2, -0.15) is 0 Å². The van der Waals surface area contributed by atoms with Crippen LogP contribution in [0, 0.1) is 0 Å². The van der Waals surface area contributed by atoms with E-state index in [-0.39, 0.29) is 12.3 Å². The molecule has 1 aliphatic rings. The van der Waals surface area contributed by atoms with Gasteiger partial charge in [0.25, 0.3) is 0 Å². The van der Waals surface area contributed by atoms with Gasteiger partial charge in [0.15, 0.2) is 0 Å². The largest absolute Gasteiger partial charge is 0.340 e. The Bertz CT molecular complexity index is 638. The van der Waals surface area contributed by atoms with Crippen molar-refractivity contribution < 1.29 is 13.2 Å². The molecule has 1 heterocycles. The van der Waals surface area contributed by atoms with Crippen LogP contribution in [0.1, 0.15) is 18.9 Å². The lowest BCUT2D eigenvalue weighted by Crippen LogP contribution is -2.49. The van der Waals surface area contributed by atoms with Crippen LogP contribution in [-0.2, 0) is 21.2 Å². The molecule has 0 unspecified atom stereocenters. The number of sulfonamides is 1. The van der Waals surface area contributed by atoms with Crippen LogP contribution in [0.5, 0.6) is 0 Å². The van der Waals surface area contributed by atoms with Gasteiger partial charge in [0.05, 0.1) is 18.4 Å². The van der Waals surface area contributed by atoms with Crippen molar-refractivity contribution >= 4 is 21.6 Å². The third-order valence-electron chi connectivity index (χ3n) is 3.92. The van der Waals surface area contributed by atoms with Crippen LogP contribution >= 0.6 is 0 Å². The van der Waals surface area contributed by atoms with Crippen LogP contribution in [-0.4, -0.2) is 63.1 Å². The third-order valence-corrected chi connectivity index (χ3v) is 4.51. The summed E-state index contributed by atoms with van der Waals surface area (Å²) in [5, 5.41) is 0. The Morgan fingerprint density at radius 2 is 1.83 bits per heavy atom. The summed E-state index contributed by atoms with van der Waals surface area (Å²) >= 11 is 0. The average molecular weight is 339 g/mol. The van der Waals surface area contributed by atoms with Crippen LogP contribution < -0.4 is 4.72 Å². The maximum atomic E-state index is 12.5. The normalized spacial score (nSPS) is 16.3. The molecule has 0 aliphatic carbocycles. The van der Waals surface area contributed by atoms with E-state index in [0.717, 1.165) is 45.4 Å². The van der Waals surface area contributed by atoms with Gasteiger partial charge in [-0.25, -0.2) is 8.42 Å². The van der Waals surface area contributed by atoms with E-state index in [1.807, 2.05) is 11.0 Å². The van der Waals surface area contributed by atoms with Gasteiger partial charge in [-0.3, -0.25) is 14.4 Å². The Kier molecular flexibility index (Phi) is 6.01. The summed E-state index contributed by atoms with van der Waals surface area (Å²) in [6.45, 7) is 6.51. The first-order valence-corrected chi connectivity index (χ1v) is 9.84. The van der Waals surface area contributed by atoms with Crippen molar-refractivity contribution in [1.29, 1.82) is 0 Å². The van der Waals surface area contributed by atoms with E-state index in [0.29, 0.717) is 11.3 Å². The number of carbonyl (C=O) groups excluding carboxylic acids is 1. The molecule has 7 heteroatoms. The van der Waals surface area contributed by atoms with E-state index in [4.69, 9.17) is 0 Å². The molecule has 1 aromatic rings. The number of piperazine rings is 1. The zero-order chi connectivity index (χ0) is 16.9. The Labute approximate surface area is 138 Å². The number of para-hydroxylation sites is 1. The number of anilines is 1. The summed E-state index contributed by atoms with van der Waals surface area (Å²) in [5.74, 6) is 0.0453. The number of nitrogens with one attached hydrogen (secondary N) is 1. The van der Waals surface area contributed by atoms with Crippen molar-refractivity contribution in [2.45, 2.75) is 19.8 Å². The van der Waals surface area contributed by atoms with E-state index in [9.17, 15) is 13.2 Å². The minimum Gasteiger partial charge on any atom is -0.340 e. The van der Waals surface area contributed by atoms with Gasteiger partial charge in [0.2, 0.25) is 15.9 Å². The standard InChI is InChI=1S/C16H25N3O3S/c1-3-8-18-9-11-19(12-10-18)16(20)13-14-6-4-5-7-15(14)17-23(2,21)22/h4-7,17H,3,8-13H2,1-2H3. The molecule has 0 spiro atoms. The maximum absolute atomic E-state index is 12.5. The van der Waals surface area contributed by atoms with Crippen LogP contribution in [0.15, 0.2) is 24.3 Å². The molecule has 0 atom stereocenters. The first kappa shape index (κ1) is 17.7. The lowest BCUT2D eigenvalue weighted by molar-refractivity contribution is -0.132. The molecule has 1 aliphatic heterocycles. The van der Waals surface area contributed by atoms with E-state index in [2.05, 4.69) is 16.5 Å². The first-order valence-electron chi connectivity index (χ1n) is 7.95. The second-order valence-electron chi connectivity index (χ2n) is 5.93. The van der Waals surface area contributed by atoms with Crippen LogP contribution in [0.25, 0.3) is 0 Å². The highest BCUT2D eigenvalue weighted by Gasteiger charge is 2.21. The van der Waals surface area contributed by atoms with Gasteiger partial charge >= 0.3 is 0 Å². The lowest BCUT2D eigenvalue weighted by atomic mass is 10.1. The summed E-state index contributed by atoms with van der Waals surface area (Å²) in [5.41, 5.74) is 1.19. The number of carbonyl (C=O) groups is 1. The van der Waals surface area contributed by atoms with Gasteiger partial charge in [0, 0.05) is 26.2 Å². The van der Waals surface area contributed by atoms with Crippen LogP contribution in [0.2, 0.25) is 0 Å². The molecular formula is C16H25N3O3S. The zero-order valence-corrected chi connectivity index (χ0v) is 14.6. The van der Waals surface area contributed by atoms with Crippen LogP contribution in [0.4, 0.5) is 5.69 Å². The average Bonchev–Trinajstić information content (AvgIpc) is 2.49. The lowest BCUT2D eigenvalue weighted by Gasteiger charge is -2.34. The molecule has 1 saturated heterocycles. The molecule has 1 aromatic carbocycles. The number of benzene rings is 1. The van der Waals surface area contributed by atoms with Gasteiger partial charge in [0.1, 0.15) is 0 Å². The van der Waals surface area contributed by atoms with E-state index in [1.165, 1.54) is 0 Å². The molecule has 1 amide bonds.